The molecule has 0 radical (unpaired) electrons. The number of halogens is 1. The van der Waals surface area contributed by atoms with Crippen LogP contribution in [-0.2, 0) is 4.79 Å². The van der Waals surface area contributed by atoms with Crippen molar-refractivity contribution in [3.8, 4) is 0 Å². The van der Waals surface area contributed by atoms with E-state index in [9.17, 15) is 4.79 Å². The van der Waals surface area contributed by atoms with Gasteiger partial charge in [-0.05, 0) is 26.4 Å². The molecule has 1 unspecified atom stereocenters. The molecule has 1 atom stereocenters. The maximum absolute atomic E-state index is 12.0. The van der Waals surface area contributed by atoms with Crippen molar-refractivity contribution in [2.45, 2.75) is 18.9 Å². The minimum Gasteiger partial charge on any atom is -0.396 e. The van der Waals surface area contributed by atoms with Crippen LogP contribution in [0.4, 0.5) is 11.4 Å². The van der Waals surface area contributed by atoms with Gasteiger partial charge < -0.3 is 11.1 Å². The first-order valence-corrected chi connectivity index (χ1v) is 5.88. The number of hydrogen-bond acceptors (Lipinski definition) is 4. The lowest BCUT2D eigenvalue weighted by atomic mass is 10.2. The van der Waals surface area contributed by atoms with E-state index in [2.05, 4.69) is 10.3 Å². The summed E-state index contributed by atoms with van der Waals surface area (Å²) in [7, 11) is 1.94. The van der Waals surface area contributed by atoms with E-state index in [-0.39, 0.29) is 11.9 Å². The molecule has 92 valence electrons. The average Bonchev–Trinajstić information content (AvgIpc) is 2.70. The fraction of sp³-hybridized carbons (Fsp3) is 0.455. The summed E-state index contributed by atoms with van der Waals surface area (Å²) in [4.78, 5) is 17.9. The number of nitrogens with two attached hydrogens (primary N) is 1. The summed E-state index contributed by atoms with van der Waals surface area (Å²) in [5.41, 5.74) is 6.66. The second-order valence-corrected chi connectivity index (χ2v) is 4.61. The number of anilines is 2. The highest BCUT2D eigenvalue weighted by molar-refractivity contribution is 6.29. The van der Waals surface area contributed by atoms with E-state index < -0.39 is 0 Å². The van der Waals surface area contributed by atoms with E-state index in [4.69, 9.17) is 17.3 Å². The van der Waals surface area contributed by atoms with Crippen molar-refractivity contribution < 1.29 is 4.79 Å². The number of rotatable bonds is 2. The summed E-state index contributed by atoms with van der Waals surface area (Å²) in [5, 5.41) is 3.11. The van der Waals surface area contributed by atoms with Gasteiger partial charge in [0, 0.05) is 6.07 Å². The average molecular weight is 255 g/mol. The Bertz CT molecular complexity index is 437. The topological polar surface area (TPSA) is 71.2 Å². The fourth-order valence-corrected chi connectivity index (χ4v) is 2.16. The molecule has 1 fully saturated rings. The lowest BCUT2D eigenvalue weighted by molar-refractivity contribution is -0.119. The maximum Gasteiger partial charge on any atom is 0.241 e. The molecule has 2 rings (SSSR count). The van der Waals surface area contributed by atoms with Gasteiger partial charge in [0.15, 0.2) is 0 Å². The molecule has 1 amide bonds. The van der Waals surface area contributed by atoms with Gasteiger partial charge in [-0.3, -0.25) is 9.69 Å². The highest BCUT2D eigenvalue weighted by Crippen LogP contribution is 2.22. The van der Waals surface area contributed by atoms with Gasteiger partial charge in [0.05, 0.1) is 23.6 Å². The Hall–Kier alpha value is -1.33. The number of likely N-dealkylation sites (N-methyl/N-ethyl adjacent to an activating group) is 1. The number of pyridine rings is 1. The number of carbonyl (C=O) groups excluding carboxylic acids is 1. The summed E-state index contributed by atoms with van der Waals surface area (Å²) in [6, 6.07) is 1.48. The molecule has 0 bridgehead atoms. The summed E-state index contributed by atoms with van der Waals surface area (Å²) >= 11 is 5.76. The van der Waals surface area contributed by atoms with Crippen LogP contribution in [0.15, 0.2) is 12.3 Å². The van der Waals surface area contributed by atoms with Crippen LogP contribution in [-0.4, -0.2) is 35.4 Å². The summed E-state index contributed by atoms with van der Waals surface area (Å²) in [5.74, 6) is -0.0426. The Morgan fingerprint density at radius 2 is 2.47 bits per heavy atom. The second kappa shape index (κ2) is 4.89. The van der Waals surface area contributed by atoms with Gasteiger partial charge in [0.25, 0.3) is 0 Å². The van der Waals surface area contributed by atoms with Crippen molar-refractivity contribution in [3.05, 3.63) is 17.4 Å². The Kier molecular flexibility index (Phi) is 3.49. The largest absolute Gasteiger partial charge is 0.396 e. The van der Waals surface area contributed by atoms with E-state index in [0.717, 1.165) is 19.4 Å². The molecule has 0 spiro atoms. The van der Waals surface area contributed by atoms with Crippen molar-refractivity contribution in [2.75, 3.05) is 24.6 Å². The quantitative estimate of drug-likeness (QED) is 0.782. The number of carbonyl (C=O) groups is 1. The highest BCUT2D eigenvalue weighted by Gasteiger charge is 2.27. The van der Waals surface area contributed by atoms with Crippen LogP contribution < -0.4 is 11.1 Å². The predicted molar refractivity (Wildman–Crippen MR) is 67.9 cm³/mol. The fourth-order valence-electron chi connectivity index (χ4n) is 2.01. The van der Waals surface area contributed by atoms with Crippen molar-refractivity contribution >= 4 is 28.9 Å². The molecular formula is C11H15ClN4O. The third-order valence-corrected chi connectivity index (χ3v) is 3.19. The van der Waals surface area contributed by atoms with Crippen LogP contribution in [0.5, 0.6) is 0 Å². The zero-order valence-electron chi connectivity index (χ0n) is 9.61. The Balaban J connectivity index is 2.10. The van der Waals surface area contributed by atoms with Crippen molar-refractivity contribution in [1.29, 1.82) is 0 Å². The van der Waals surface area contributed by atoms with Gasteiger partial charge in [0.2, 0.25) is 5.91 Å². The summed E-state index contributed by atoms with van der Waals surface area (Å²) < 4.78 is 0. The molecule has 0 saturated carbocycles. The van der Waals surface area contributed by atoms with E-state index in [1.165, 1.54) is 6.20 Å². The Labute approximate surface area is 105 Å². The van der Waals surface area contributed by atoms with Crippen LogP contribution in [0, 0.1) is 0 Å². The van der Waals surface area contributed by atoms with Gasteiger partial charge >= 0.3 is 0 Å². The molecule has 1 aromatic rings. The van der Waals surface area contributed by atoms with Crippen LogP contribution >= 0.6 is 11.6 Å². The number of hydrogen-bond donors (Lipinski definition) is 2. The van der Waals surface area contributed by atoms with Gasteiger partial charge in [-0.2, -0.15) is 0 Å². The maximum atomic E-state index is 12.0. The molecule has 17 heavy (non-hydrogen) atoms. The lowest BCUT2D eigenvalue weighted by Crippen LogP contribution is -2.37. The Morgan fingerprint density at radius 1 is 1.71 bits per heavy atom. The molecule has 2 heterocycles. The van der Waals surface area contributed by atoms with Crippen LogP contribution in [0.3, 0.4) is 0 Å². The molecular weight excluding hydrogens is 240 g/mol. The number of amides is 1. The van der Waals surface area contributed by atoms with E-state index in [0.29, 0.717) is 16.5 Å². The number of nitrogens with one attached hydrogen (secondary N) is 1. The normalized spacial score (nSPS) is 20.5. The molecule has 5 nitrogen and oxygen atoms in total. The zero-order valence-corrected chi connectivity index (χ0v) is 10.4. The second-order valence-electron chi connectivity index (χ2n) is 4.22. The number of nitrogen functional groups attached to an aromatic ring is 1. The third kappa shape index (κ3) is 2.68. The van der Waals surface area contributed by atoms with E-state index in [1.54, 1.807) is 6.07 Å². The minimum atomic E-state index is -0.0821. The first-order chi connectivity index (χ1) is 8.08. The summed E-state index contributed by atoms with van der Waals surface area (Å²) in [6.07, 6.45) is 3.36. The zero-order chi connectivity index (χ0) is 12.4. The lowest BCUT2D eigenvalue weighted by Gasteiger charge is -2.19. The first-order valence-electron chi connectivity index (χ1n) is 5.50. The number of aromatic nitrogens is 1. The molecule has 6 heteroatoms. The molecule has 1 saturated heterocycles. The van der Waals surface area contributed by atoms with Crippen molar-refractivity contribution in [2.24, 2.45) is 0 Å². The van der Waals surface area contributed by atoms with Crippen molar-refractivity contribution in [1.82, 2.24) is 9.88 Å². The van der Waals surface area contributed by atoms with Gasteiger partial charge in [-0.15, -0.1) is 0 Å². The summed E-state index contributed by atoms with van der Waals surface area (Å²) in [6.45, 7) is 0.949. The third-order valence-electron chi connectivity index (χ3n) is 2.98. The Morgan fingerprint density at radius 3 is 3.12 bits per heavy atom. The van der Waals surface area contributed by atoms with Crippen LogP contribution in [0.1, 0.15) is 12.8 Å². The molecule has 3 N–H and O–H groups in total. The van der Waals surface area contributed by atoms with E-state index >= 15 is 0 Å². The van der Waals surface area contributed by atoms with Gasteiger partial charge in [-0.25, -0.2) is 4.98 Å². The highest BCUT2D eigenvalue weighted by atomic mass is 35.5. The van der Waals surface area contributed by atoms with Gasteiger partial charge in [-0.1, -0.05) is 11.6 Å². The molecule has 1 aliphatic heterocycles. The monoisotopic (exact) mass is 254 g/mol. The van der Waals surface area contributed by atoms with Crippen LogP contribution in [0.25, 0.3) is 0 Å². The SMILES string of the molecule is CN1CCCC1C(=O)Nc1cc(Cl)ncc1N. The molecule has 1 aliphatic rings. The number of nitrogens with zero attached hydrogens (tertiary/aromatic N) is 2. The molecule has 0 aliphatic carbocycles. The predicted octanol–water partition coefficient (Wildman–Crippen LogP) is 1.35. The van der Waals surface area contributed by atoms with Crippen molar-refractivity contribution in [3.63, 3.8) is 0 Å². The molecule has 0 aromatic carbocycles. The molecule has 1 aromatic heterocycles. The number of likely N-dealkylation sites (tertiary alicyclic amines) is 1. The minimum absolute atomic E-state index is 0.0426. The standard InChI is InChI=1S/C11H15ClN4O/c1-16-4-2-3-9(16)11(17)15-8-5-10(12)14-6-7(8)13/h5-6,9H,2-4,13H2,1H3,(H,14,15,17). The smallest absolute Gasteiger partial charge is 0.241 e. The first kappa shape index (κ1) is 12.1. The van der Waals surface area contributed by atoms with Gasteiger partial charge in [0.1, 0.15) is 5.15 Å². The van der Waals surface area contributed by atoms with E-state index in [1.807, 2.05) is 11.9 Å². The van der Waals surface area contributed by atoms with Crippen LogP contribution in [0.2, 0.25) is 5.15 Å².